The normalized spacial score (nSPS) is 12.2. The molecule has 2 aromatic carbocycles. The average molecular weight is 419 g/mol. The van der Waals surface area contributed by atoms with E-state index in [0.717, 1.165) is 5.56 Å². The summed E-state index contributed by atoms with van der Waals surface area (Å²) in [5.41, 5.74) is 1.75. The number of fused-ring (bicyclic) bond motifs is 1. The van der Waals surface area contributed by atoms with Crippen molar-refractivity contribution in [1.82, 2.24) is 20.0 Å². The lowest BCUT2D eigenvalue weighted by Gasteiger charge is -2.24. The number of para-hydroxylation sites is 1. The molecule has 1 N–H and O–H groups in total. The summed E-state index contributed by atoms with van der Waals surface area (Å²) >= 11 is 1.63. The SMILES string of the molecule is CN(C)[C@H](CNC(=O)c1nn(-c2ccccc2)c(=O)c2ccccc12)c1ccsc1. The zero-order chi connectivity index (χ0) is 21.1. The Hall–Kier alpha value is -3.29. The van der Waals surface area contributed by atoms with Crippen molar-refractivity contribution in [2.45, 2.75) is 6.04 Å². The summed E-state index contributed by atoms with van der Waals surface area (Å²) in [4.78, 5) is 28.2. The molecule has 0 unspecified atom stereocenters. The molecule has 4 aromatic rings. The second-order valence-corrected chi connectivity index (χ2v) is 7.97. The van der Waals surface area contributed by atoms with E-state index in [1.165, 1.54) is 4.68 Å². The lowest BCUT2D eigenvalue weighted by molar-refractivity contribution is 0.0937. The first-order chi connectivity index (χ1) is 14.6. The molecule has 2 aromatic heterocycles. The van der Waals surface area contributed by atoms with Gasteiger partial charge in [-0.3, -0.25) is 9.59 Å². The summed E-state index contributed by atoms with van der Waals surface area (Å²) in [7, 11) is 3.97. The van der Waals surface area contributed by atoms with Crippen LogP contribution in [0.25, 0.3) is 16.5 Å². The van der Waals surface area contributed by atoms with E-state index in [1.54, 1.807) is 47.7 Å². The van der Waals surface area contributed by atoms with Gasteiger partial charge >= 0.3 is 0 Å². The Morgan fingerprint density at radius 1 is 1.07 bits per heavy atom. The number of likely N-dealkylation sites (N-methyl/N-ethyl adjacent to an activating group) is 1. The maximum absolute atomic E-state index is 13.1. The predicted octanol–water partition coefficient (Wildman–Crippen LogP) is 3.48. The first kappa shape index (κ1) is 20.0. The lowest BCUT2D eigenvalue weighted by Crippen LogP contribution is -2.36. The van der Waals surface area contributed by atoms with Crippen LogP contribution in [0.5, 0.6) is 0 Å². The van der Waals surface area contributed by atoms with Crippen LogP contribution >= 0.6 is 11.3 Å². The standard InChI is InChI=1S/C23H22N4O2S/c1-26(2)20(16-12-13-30-15-16)14-24-22(28)21-18-10-6-7-11-19(18)23(29)27(25-21)17-8-4-3-5-9-17/h3-13,15,20H,14H2,1-2H3,(H,24,28)/t20-/m1/s1. The number of benzene rings is 2. The molecule has 0 radical (unpaired) electrons. The van der Waals surface area contributed by atoms with Gasteiger partial charge < -0.3 is 10.2 Å². The third-order valence-corrected chi connectivity index (χ3v) is 5.73. The summed E-state index contributed by atoms with van der Waals surface area (Å²) in [6, 6.07) is 18.3. The molecule has 0 bridgehead atoms. The van der Waals surface area contributed by atoms with Gasteiger partial charge in [-0.05, 0) is 54.7 Å². The van der Waals surface area contributed by atoms with Crippen molar-refractivity contribution in [2.24, 2.45) is 0 Å². The molecule has 0 saturated carbocycles. The molecular formula is C23H22N4O2S. The predicted molar refractivity (Wildman–Crippen MR) is 120 cm³/mol. The molecule has 0 aliphatic rings. The molecule has 0 aliphatic carbocycles. The van der Waals surface area contributed by atoms with Crippen LogP contribution in [-0.4, -0.2) is 41.2 Å². The number of hydrogen-bond acceptors (Lipinski definition) is 5. The van der Waals surface area contributed by atoms with Crippen LogP contribution in [0.15, 0.2) is 76.2 Å². The molecule has 0 aliphatic heterocycles. The third kappa shape index (κ3) is 3.90. The second kappa shape index (κ2) is 8.61. The molecule has 152 valence electrons. The fourth-order valence-corrected chi connectivity index (χ4v) is 4.14. The van der Waals surface area contributed by atoms with Crippen molar-refractivity contribution >= 4 is 28.0 Å². The molecule has 6 nitrogen and oxygen atoms in total. The summed E-state index contributed by atoms with van der Waals surface area (Å²) in [5, 5.41) is 12.6. The number of nitrogens with zero attached hydrogens (tertiary/aromatic N) is 3. The van der Waals surface area contributed by atoms with Gasteiger partial charge in [-0.15, -0.1) is 0 Å². The van der Waals surface area contributed by atoms with E-state index in [2.05, 4.69) is 26.8 Å². The Balaban J connectivity index is 1.72. The minimum atomic E-state index is -0.307. The third-order valence-electron chi connectivity index (χ3n) is 5.03. The average Bonchev–Trinajstić information content (AvgIpc) is 3.29. The van der Waals surface area contributed by atoms with Crippen LogP contribution < -0.4 is 10.9 Å². The van der Waals surface area contributed by atoms with Gasteiger partial charge in [0.25, 0.3) is 11.5 Å². The number of rotatable bonds is 6. The van der Waals surface area contributed by atoms with E-state index in [4.69, 9.17) is 0 Å². The van der Waals surface area contributed by atoms with Crippen LogP contribution in [0.4, 0.5) is 0 Å². The maximum atomic E-state index is 13.1. The molecule has 0 fully saturated rings. The highest BCUT2D eigenvalue weighted by atomic mass is 32.1. The Labute approximate surface area is 178 Å². The number of carbonyl (C=O) groups excluding carboxylic acids is 1. The maximum Gasteiger partial charge on any atom is 0.279 e. The van der Waals surface area contributed by atoms with Crippen molar-refractivity contribution in [1.29, 1.82) is 0 Å². The van der Waals surface area contributed by atoms with E-state index < -0.39 is 0 Å². The highest BCUT2D eigenvalue weighted by Gasteiger charge is 2.20. The number of amides is 1. The van der Waals surface area contributed by atoms with E-state index in [9.17, 15) is 9.59 Å². The number of carbonyl (C=O) groups is 1. The van der Waals surface area contributed by atoms with Crippen LogP contribution in [0.2, 0.25) is 0 Å². The molecule has 2 heterocycles. The summed E-state index contributed by atoms with van der Waals surface area (Å²) in [6.07, 6.45) is 0. The van der Waals surface area contributed by atoms with Crippen LogP contribution in [0, 0.1) is 0 Å². The fraction of sp³-hybridized carbons (Fsp3) is 0.174. The highest BCUT2D eigenvalue weighted by molar-refractivity contribution is 7.08. The van der Waals surface area contributed by atoms with Crippen molar-refractivity contribution in [3.8, 4) is 5.69 Å². The summed E-state index contributed by atoms with van der Waals surface area (Å²) in [5.74, 6) is -0.307. The zero-order valence-electron chi connectivity index (χ0n) is 16.8. The van der Waals surface area contributed by atoms with Gasteiger partial charge in [0, 0.05) is 11.9 Å². The molecular weight excluding hydrogens is 396 g/mol. The minimum absolute atomic E-state index is 0.0477. The van der Waals surface area contributed by atoms with E-state index in [-0.39, 0.29) is 23.2 Å². The van der Waals surface area contributed by atoms with Gasteiger partial charge in [0.05, 0.1) is 17.1 Å². The van der Waals surface area contributed by atoms with Crippen molar-refractivity contribution in [2.75, 3.05) is 20.6 Å². The number of thiophene rings is 1. The molecule has 7 heteroatoms. The Morgan fingerprint density at radius 2 is 1.77 bits per heavy atom. The van der Waals surface area contributed by atoms with Crippen LogP contribution in [0.1, 0.15) is 22.1 Å². The van der Waals surface area contributed by atoms with E-state index in [0.29, 0.717) is 23.0 Å². The van der Waals surface area contributed by atoms with E-state index >= 15 is 0 Å². The molecule has 0 spiro atoms. The minimum Gasteiger partial charge on any atom is -0.349 e. The molecule has 30 heavy (non-hydrogen) atoms. The van der Waals surface area contributed by atoms with Gasteiger partial charge in [0.2, 0.25) is 0 Å². The van der Waals surface area contributed by atoms with Crippen LogP contribution in [-0.2, 0) is 0 Å². The molecule has 0 saturated heterocycles. The smallest absolute Gasteiger partial charge is 0.279 e. The van der Waals surface area contributed by atoms with Gasteiger partial charge in [-0.2, -0.15) is 21.1 Å². The first-order valence-corrected chi connectivity index (χ1v) is 10.5. The fourth-order valence-electron chi connectivity index (χ4n) is 3.44. The van der Waals surface area contributed by atoms with Gasteiger partial charge in [-0.1, -0.05) is 36.4 Å². The number of hydrogen-bond donors (Lipinski definition) is 1. The van der Waals surface area contributed by atoms with Gasteiger partial charge in [-0.25, -0.2) is 0 Å². The topological polar surface area (TPSA) is 67.2 Å². The lowest BCUT2D eigenvalue weighted by atomic mass is 10.1. The van der Waals surface area contributed by atoms with Crippen molar-refractivity contribution in [3.63, 3.8) is 0 Å². The quantitative estimate of drug-likeness (QED) is 0.521. The largest absolute Gasteiger partial charge is 0.349 e. The summed E-state index contributed by atoms with van der Waals surface area (Å²) < 4.78 is 1.29. The molecule has 4 rings (SSSR count). The van der Waals surface area contributed by atoms with Gasteiger partial charge in [0.15, 0.2) is 5.69 Å². The molecule has 1 atom stereocenters. The van der Waals surface area contributed by atoms with Crippen LogP contribution in [0.3, 0.4) is 0 Å². The Morgan fingerprint density at radius 3 is 2.43 bits per heavy atom. The second-order valence-electron chi connectivity index (χ2n) is 7.19. The summed E-state index contributed by atoms with van der Waals surface area (Å²) in [6.45, 7) is 0.434. The van der Waals surface area contributed by atoms with Gasteiger partial charge in [0.1, 0.15) is 0 Å². The Kier molecular flexibility index (Phi) is 5.74. The highest BCUT2D eigenvalue weighted by Crippen LogP contribution is 2.21. The zero-order valence-corrected chi connectivity index (χ0v) is 17.6. The number of aromatic nitrogens is 2. The molecule has 1 amide bonds. The first-order valence-electron chi connectivity index (χ1n) is 9.60. The van der Waals surface area contributed by atoms with Crippen molar-refractivity contribution < 1.29 is 4.79 Å². The Bertz CT molecular complexity index is 1220. The van der Waals surface area contributed by atoms with E-state index in [1.807, 2.05) is 37.7 Å². The number of nitrogens with one attached hydrogen (secondary N) is 1. The monoisotopic (exact) mass is 418 g/mol. The van der Waals surface area contributed by atoms with Crippen molar-refractivity contribution in [3.05, 3.63) is 93.0 Å².